The third kappa shape index (κ3) is 3.71. The monoisotopic (exact) mass is 271 g/mol. The van der Waals surface area contributed by atoms with Crippen LogP contribution in [0.2, 0.25) is 0 Å². The van der Waals surface area contributed by atoms with Gasteiger partial charge in [0.05, 0.1) is 7.11 Å². The lowest BCUT2D eigenvalue weighted by molar-refractivity contribution is 0.262. The van der Waals surface area contributed by atoms with Crippen LogP contribution in [-0.2, 0) is 0 Å². The Labute approximate surface area is 118 Å². The summed E-state index contributed by atoms with van der Waals surface area (Å²) >= 11 is 0. The maximum absolute atomic E-state index is 11.9. The molecule has 0 spiro atoms. The lowest BCUT2D eigenvalue weighted by Gasteiger charge is -2.09. The third-order valence-electron chi connectivity index (χ3n) is 2.67. The number of hydrogen-bond donors (Lipinski definition) is 2. The predicted molar refractivity (Wildman–Crippen MR) is 79.3 cm³/mol. The fourth-order valence-electron chi connectivity index (χ4n) is 1.88. The van der Waals surface area contributed by atoms with Gasteiger partial charge in [-0.25, -0.2) is 9.78 Å². The van der Waals surface area contributed by atoms with Crippen molar-refractivity contribution in [1.82, 2.24) is 4.98 Å². The van der Waals surface area contributed by atoms with Gasteiger partial charge in [0, 0.05) is 17.4 Å². The highest BCUT2D eigenvalue weighted by molar-refractivity contribution is 5.99. The summed E-state index contributed by atoms with van der Waals surface area (Å²) in [5.41, 5.74) is 2.57. The number of hydrogen-bond acceptors (Lipinski definition) is 3. The molecule has 1 aromatic carbocycles. The molecule has 2 N–H and O–H groups in total. The summed E-state index contributed by atoms with van der Waals surface area (Å²) in [6, 6.07) is 10.6. The Bertz CT molecular complexity index is 606. The SMILES string of the molecule is COc1cccc(NC(=O)Nc2cc(C)cc(C)n2)c1. The molecule has 2 aromatic rings. The number of carbonyl (C=O) groups excluding carboxylic acids is 1. The fraction of sp³-hybridized carbons (Fsp3) is 0.200. The first-order valence-corrected chi connectivity index (χ1v) is 6.24. The molecular formula is C15H17N3O2. The molecule has 0 aliphatic carbocycles. The summed E-state index contributed by atoms with van der Waals surface area (Å²) in [7, 11) is 1.58. The maximum Gasteiger partial charge on any atom is 0.324 e. The van der Waals surface area contributed by atoms with Gasteiger partial charge in [-0.05, 0) is 43.7 Å². The molecule has 1 heterocycles. The maximum atomic E-state index is 11.9. The zero-order chi connectivity index (χ0) is 14.5. The van der Waals surface area contributed by atoms with Crippen LogP contribution in [0.3, 0.4) is 0 Å². The smallest absolute Gasteiger partial charge is 0.324 e. The fourth-order valence-corrected chi connectivity index (χ4v) is 1.88. The molecule has 20 heavy (non-hydrogen) atoms. The second-order valence-electron chi connectivity index (χ2n) is 4.48. The van der Waals surface area contributed by atoms with E-state index in [-0.39, 0.29) is 6.03 Å². The quantitative estimate of drug-likeness (QED) is 0.899. The molecule has 0 fully saturated rings. The van der Waals surface area contributed by atoms with Crippen molar-refractivity contribution in [3.8, 4) is 5.75 Å². The lowest BCUT2D eigenvalue weighted by Crippen LogP contribution is -2.20. The highest BCUT2D eigenvalue weighted by Crippen LogP contribution is 2.17. The minimum absolute atomic E-state index is 0.337. The Morgan fingerprint density at radius 3 is 2.65 bits per heavy atom. The number of aromatic nitrogens is 1. The van der Waals surface area contributed by atoms with Crippen LogP contribution in [0.5, 0.6) is 5.75 Å². The van der Waals surface area contributed by atoms with E-state index >= 15 is 0 Å². The van der Waals surface area contributed by atoms with E-state index in [4.69, 9.17) is 4.74 Å². The van der Waals surface area contributed by atoms with Crippen molar-refractivity contribution in [3.05, 3.63) is 47.7 Å². The molecule has 2 rings (SSSR count). The number of methoxy groups -OCH3 is 1. The average Bonchev–Trinajstić information content (AvgIpc) is 2.37. The van der Waals surface area contributed by atoms with Gasteiger partial charge in [-0.1, -0.05) is 6.07 Å². The topological polar surface area (TPSA) is 63.2 Å². The number of ether oxygens (including phenoxy) is 1. The van der Waals surface area contributed by atoms with E-state index in [1.165, 1.54) is 0 Å². The van der Waals surface area contributed by atoms with Gasteiger partial charge >= 0.3 is 6.03 Å². The summed E-state index contributed by atoms with van der Waals surface area (Å²) in [4.78, 5) is 16.2. The van der Waals surface area contributed by atoms with Crippen LogP contribution in [0.4, 0.5) is 16.3 Å². The number of benzene rings is 1. The van der Waals surface area contributed by atoms with Gasteiger partial charge < -0.3 is 10.1 Å². The highest BCUT2D eigenvalue weighted by atomic mass is 16.5. The van der Waals surface area contributed by atoms with E-state index in [1.54, 1.807) is 19.2 Å². The summed E-state index contributed by atoms with van der Waals surface area (Å²) < 4.78 is 5.10. The molecular weight excluding hydrogens is 254 g/mol. The molecule has 0 radical (unpaired) electrons. The second kappa shape index (κ2) is 6.06. The largest absolute Gasteiger partial charge is 0.497 e. The summed E-state index contributed by atoms with van der Waals surface area (Å²) in [5.74, 6) is 1.22. The van der Waals surface area contributed by atoms with E-state index in [9.17, 15) is 4.79 Å². The minimum Gasteiger partial charge on any atom is -0.497 e. The van der Waals surface area contributed by atoms with Gasteiger partial charge in [0.25, 0.3) is 0 Å². The van der Waals surface area contributed by atoms with E-state index in [0.29, 0.717) is 17.3 Å². The first kappa shape index (κ1) is 13.9. The van der Waals surface area contributed by atoms with Crippen molar-refractivity contribution < 1.29 is 9.53 Å². The first-order valence-electron chi connectivity index (χ1n) is 6.24. The van der Waals surface area contributed by atoms with Crippen LogP contribution < -0.4 is 15.4 Å². The van der Waals surface area contributed by atoms with Gasteiger partial charge in [0.15, 0.2) is 0 Å². The Kier molecular flexibility index (Phi) is 4.20. The molecule has 5 heteroatoms. The number of nitrogens with one attached hydrogen (secondary N) is 2. The second-order valence-corrected chi connectivity index (χ2v) is 4.48. The molecule has 1 aromatic heterocycles. The van der Waals surface area contributed by atoms with Crippen molar-refractivity contribution in [3.63, 3.8) is 0 Å². The predicted octanol–water partition coefficient (Wildman–Crippen LogP) is 3.35. The molecule has 0 bridgehead atoms. The van der Waals surface area contributed by atoms with E-state index < -0.39 is 0 Å². The Balaban J connectivity index is 2.04. The number of carbonyl (C=O) groups is 1. The zero-order valence-corrected chi connectivity index (χ0v) is 11.7. The molecule has 0 saturated carbocycles. The third-order valence-corrected chi connectivity index (χ3v) is 2.67. The van der Waals surface area contributed by atoms with Crippen LogP contribution in [0.25, 0.3) is 0 Å². The summed E-state index contributed by atoms with van der Waals surface area (Å²) in [6.45, 7) is 3.85. The van der Waals surface area contributed by atoms with Crippen LogP contribution in [-0.4, -0.2) is 18.1 Å². The van der Waals surface area contributed by atoms with Gasteiger partial charge in [-0.2, -0.15) is 0 Å². The minimum atomic E-state index is -0.337. The van der Waals surface area contributed by atoms with Gasteiger partial charge in [0.2, 0.25) is 0 Å². The van der Waals surface area contributed by atoms with Crippen LogP contribution in [0.15, 0.2) is 36.4 Å². The Morgan fingerprint density at radius 1 is 1.15 bits per heavy atom. The number of aryl methyl sites for hydroxylation is 2. The van der Waals surface area contributed by atoms with Crippen molar-refractivity contribution in [2.45, 2.75) is 13.8 Å². The molecule has 0 atom stereocenters. The molecule has 0 saturated heterocycles. The van der Waals surface area contributed by atoms with E-state index in [0.717, 1.165) is 11.3 Å². The molecule has 2 amide bonds. The molecule has 0 aliphatic heterocycles. The van der Waals surface area contributed by atoms with E-state index in [1.807, 2.05) is 38.1 Å². The molecule has 0 aliphatic rings. The summed E-state index contributed by atoms with van der Waals surface area (Å²) in [6.07, 6.45) is 0. The number of rotatable bonds is 3. The zero-order valence-electron chi connectivity index (χ0n) is 11.7. The number of anilines is 2. The van der Waals surface area contributed by atoms with Crippen molar-refractivity contribution in [2.24, 2.45) is 0 Å². The average molecular weight is 271 g/mol. The molecule has 0 unspecified atom stereocenters. The van der Waals surface area contributed by atoms with Crippen molar-refractivity contribution in [2.75, 3.05) is 17.7 Å². The van der Waals surface area contributed by atoms with Crippen molar-refractivity contribution >= 4 is 17.5 Å². The number of amides is 2. The normalized spacial score (nSPS) is 9.95. The number of pyridine rings is 1. The summed E-state index contributed by atoms with van der Waals surface area (Å²) in [5, 5.41) is 5.44. The van der Waals surface area contributed by atoms with Crippen LogP contribution in [0.1, 0.15) is 11.3 Å². The highest BCUT2D eigenvalue weighted by Gasteiger charge is 2.05. The standard InChI is InChI=1S/C15H17N3O2/c1-10-7-11(2)16-14(8-10)18-15(19)17-12-5-4-6-13(9-12)20-3/h4-9H,1-3H3,(H2,16,17,18,19). The van der Waals surface area contributed by atoms with Gasteiger partial charge in [-0.15, -0.1) is 0 Å². The first-order chi connectivity index (χ1) is 9.56. The molecule has 104 valence electrons. The van der Waals surface area contributed by atoms with Crippen molar-refractivity contribution in [1.29, 1.82) is 0 Å². The van der Waals surface area contributed by atoms with Gasteiger partial charge in [-0.3, -0.25) is 5.32 Å². The Hall–Kier alpha value is -2.56. The number of urea groups is 1. The van der Waals surface area contributed by atoms with Gasteiger partial charge in [0.1, 0.15) is 11.6 Å². The van der Waals surface area contributed by atoms with Crippen LogP contribution >= 0.6 is 0 Å². The molecule has 5 nitrogen and oxygen atoms in total. The van der Waals surface area contributed by atoms with E-state index in [2.05, 4.69) is 15.6 Å². The van der Waals surface area contributed by atoms with Crippen LogP contribution in [0, 0.1) is 13.8 Å². The Morgan fingerprint density at radius 2 is 1.95 bits per heavy atom. The number of nitrogens with zero attached hydrogens (tertiary/aromatic N) is 1. The lowest BCUT2D eigenvalue weighted by atomic mass is 10.2.